The SMILES string of the molecule is CCc1nccn1CCCOc1cc(CN2CCOCC(O)(COc3cccc(Cl)c3)C2)ccc1OC. The summed E-state index contributed by atoms with van der Waals surface area (Å²) in [6.07, 6.45) is 5.61. The van der Waals surface area contributed by atoms with E-state index < -0.39 is 5.60 Å². The van der Waals surface area contributed by atoms with Crippen LogP contribution in [0.15, 0.2) is 54.9 Å². The molecule has 37 heavy (non-hydrogen) atoms. The maximum atomic E-state index is 11.3. The fourth-order valence-electron chi connectivity index (χ4n) is 4.46. The summed E-state index contributed by atoms with van der Waals surface area (Å²) in [7, 11) is 1.65. The van der Waals surface area contributed by atoms with Gasteiger partial charge in [-0.15, -0.1) is 0 Å². The number of imidazole rings is 1. The van der Waals surface area contributed by atoms with Crippen LogP contribution < -0.4 is 14.2 Å². The second-order valence-corrected chi connectivity index (χ2v) is 9.75. The highest BCUT2D eigenvalue weighted by molar-refractivity contribution is 6.30. The molecule has 1 N–H and O–H groups in total. The Labute approximate surface area is 223 Å². The number of aromatic nitrogens is 2. The van der Waals surface area contributed by atoms with Crippen molar-refractivity contribution in [3.05, 3.63) is 71.3 Å². The third kappa shape index (κ3) is 7.85. The molecule has 2 heterocycles. The van der Waals surface area contributed by atoms with Crippen LogP contribution in [0.5, 0.6) is 17.2 Å². The van der Waals surface area contributed by atoms with Gasteiger partial charge in [-0.1, -0.05) is 30.7 Å². The minimum Gasteiger partial charge on any atom is -0.493 e. The summed E-state index contributed by atoms with van der Waals surface area (Å²) in [6.45, 7) is 6.14. The molecule has 1 unspecified atom stereocenters. The first kappa shape index (κ1) is 27.3. The molecule has 4 rings (SSSR count). The lowest BCUT2D eigenvalue weighted by atomic mass is 10.1. The second-order valence-electron chi connectivity index (χ2n) is 9.31. The predicted octanol–water partition coefficient (Wildman–Crippen LogP) is 4.22. The lowest BCUT2D eigenvalue weighted by Gasteiger charge is -2.30. The zero-order valence-corrected chi connectivity index (χ0v) is 22.3. The summed E-state index contributed by atoms with van der Waals surface area (Å²) in [4.78, 5) is 6.54. The standard InChI is InChI=1S/C28H36ClN3O5/c1-3-27-30-10-12-32(27)11-5-14-36-26-16-22(8-9-25(26)34-2)18-31-13-15-35-20-28(33,19-31)21-37-24-7-4-6-23(29)17-24/h4,6-10,12,16-17,33H,3,5,11,13-15,18-21H2,1-2H3. The van der Waals surface area contributed by atoms with Gasteiger partial charge in [0.2, 0.25) is 0 Å². The summed E-state index contributed by atoms with van der Waals surface area (Å²) >= 11 is 6.05. The molecule has 1 atom stereocenters. The van der Waals surface area contributed by atoms with E-state index >= 15 is 0 Å². The topological polar surface area (TPSA) is 78.2 Å². The average Bonchev–Trinajstić information content (AvgIpc) is 3.27. The summed E-state index contributed by atoms with van der Waals surface area (Å²) in [5.41, 5.74) is -0.0753. The van der Waals surface area contributed by atoms with Crippen molar-refractivity contribution in [2.75, 3.05) is 46.6 Å². The van der Waals surface area contributed by atoms with Gasteiger partial charge in [0.1, 0.15) is 23.8 Å². The van der Waals surface area contributed by atoms with Gasteiger partial charge < -0.3 is 28.6 Å². The molecule has 1 saturated heterocycles. The Morgan fingerprint density at radius 2 is 2.05 bits per heavy atom. The highest BCUT2D eigenvalue weighted by Crippen LogP contribution is 2.29. The third-order valence-corrected chi connectivity index (χ3v) is 6.53. The normalized spacial score (nSPS) is 18.4. The Hall–Kier alpha value is -2.78. The van der Waals surface area contributed by atoms with Gasteiger partial charge in [0, 0.05) is 50.0 Å². The van der Waals surface area contributed by atoms with E-state index in [4.69, 9.17) is 30.5 Å². The van der Waals surface area contributed by atoms with Crippen molar-refractivity contribution < 1.29 is 24.1 Å². The predicted molar refractivity (Wildman–Crippen MR) is 143 cm³/mol. The van der Waals surface area contributed by atoms with E-state index in [9.17, 15) is 5.11 Å². The summed E-state index contributed by atoms with van der Waals surface area (Å²) in [6, 6.07) is 13.1. The molecule has 0 bridgehead atoms. The van der Waals surface area contributed by atoms with Crippen molar-refractivity contribution in [1.29, 1.82) is 0 Å². The number of ether oxygens (including phenoxy) is 4. The van der Waals surface area contributed by atoms with Gasteiger partial charge >= 0.3 is 0 Å². The monoisotopic (exact) mass is 529 g/mol. The first-order valence-electron chi connectivity index (χ1n) is 12.7. The van der Waals surface area contributed by atoms with Crippen LogP contribution in [0.3, 0.4) is 0 Å². The lowest BCUT2D eigenvalue weighted by Crippen LogP contribution is -2.48. The Bertz CT molecular complexity index is 1140. The number of halogens is 1. The van der Waals surface area contributed by atoms with E-state index in [2.05, 4.69) is 21.4 Å². The molecule has 8 nitrogen and oxygen atoms in total. The largest absolute Gasteiger partial charge is 0.493 e. The number of benzene rings is 2. The number of methoxy groups -OCH3 is 1. The third-order valence-electron chi connectivity index (χ3n) is 6.30. The van der Waals surface area contributed by atoms with Gasteiger partial charge in [0.15, 0.2) is 11.5 Å². The highest BCUT2D eigenvalue weighted by atomic mass is 35.5. The van der Waals surface area contributed by atoms with E-state index in [-0.39, 0.29) is 13.2 Å². The Balaban J connectivity index is 1.34. The van der Waals surface area contributed by atoms with Crippen LogP contribution in [-0.4, -0.2) is 71.8 Å². The Morgan fingerprint density at radius 1 is 1.16 bits per heavy atom. The molecule has 1 aliphatic rings. The number of hydrogen-bond donors (Lipinski definition) is 1. The molecule has 1 aliphatic heterocycles. The molecule has 0 radical (unpaired) electrons. The van der Waals surface area contributed by atoms with Crippen LogP contribution in [0.2, 0.25) is 5.02 Å². The summed E-state index contributed by atoms with van der Waals surface area (Å²) in [5.74, 6) is 3.12. The molecular weight excluding hydrogens is 494 g/mol. The first-order chi connectivity index (χ1) is 18.0. The molecule has 0 amide bonds. The molecule has 0 saturated carbocycles. The molecule has 1 fully saturated rings. The van der Waals surface area contributed by atoms with Crippen LogP contribution in [0.4, 0.5) is 0 Å². The maximum absolute atomic E-state index is 11.3. The number of rotatable bonds is 12. The molecule has 0 aliphatic carbocycles. The van der Waals surface area contributed by atoms with Crippen molar-refractivity contribution >= 4 is 11.6 Å². The van der Waals surface area contributed by atoms with Crippen LogP contribution in [0.1, 0.15) is 24.7 Å². The maximum Gasteiger partial charge on any atom is 0.161 e. The number of nitrogens with zero attached hydrogens (tertiary/aromatic N) is 3. The van der Waals surface area contributed by atoms with Gasteiger partial charge in [-0.25, -0.2) is 4.98 Å². The molecule has 1 aromatic heterocycles. The van der Waals surface area contributed by atoms with Crippen LogP contribution in [0.25, 0.3) is 0 Å². The summed E-state index contributed by atoms with van der Waals surface area (Å²) < 4.78 is 25.4. The van der Waals surface area contributed by atoms with Crippen molar-refractivity contribution in [3.8, 4) is 17.2 Å². The number of β-amino-alcohol motifs (C(OH)–C–C–N with tert-alkyl or cyclic N) is 1. The van der Waals surface area contributed by atoms with Gasteiger partial charge in [-0.3, -0.25) is 4.90 Å². The molecule has 9 heteroatoms. The number of aryl methyl sites for hydroxylation is 2. The van der Waals surface area contributed by atoms with Crippen LogP contribution >= 0.6 is 11.6 Å². The van der Waals surface area contributed by atoms with E-state index in [1.807, 2.05) is 42.7 Å². The average molecular weight is 530 g/mol. The lowest BCUT2D eigenvalue weighted by molar-refractivity contribution is -0.0646. The molecule has 2 aromatic carbocycles. The van der Waals surface area contributed by atoms with Crippen molar-refractivity contribution in [1.82, 2.24) is 14.5 Å². The highest BCUT2D eigenvalue weighted by Gasteiger charge is 2.33. The van der Waals surface area contributed by atoms with E-state index in [0.29, 0.717) is 55.1 Å². The van der Waals surface area contributed by atoms with E-state index in [1.165, 1.54) is 0 Å². The molecule has 0 spiro atoms. The Kier molecular flexibility index (Phi) is 9.68. The fraction of sp³-hybridized carbons (Fsp3) is 0.464. The second kappa shape index (κ2) is 13.1. The Morgan fingerprint density at radius 3 is 2.86 bits per heavy atom. The molecule has 3 aromatic rings. The minimum absolute atomic E-state index is 0.109. The fourth-order valence-corrected chi connectivity index (χ4v) is 4.64. The van der Waals surface area contributed by atoms with E-state index in [0.717, 1.165) is 30.8 Å². The van der Waals surface area contributed by atoms with Gasteiger partial charge in [0.05, 0.1) is 26.9 Å². The summed E-state index contributed by atoms with van der Waals surface area (Å²) in [5, 5.41) is 11.8. The smallest absolute Gasteiger partial charge is 0.161 e. The molecule has 200 valence electrons. The van der Waals surface area contributed by atoms with Gasteiger partial charge in [0.25, 0.3) is 0 Å². The number of hydrogen-bond acceptors (Lipinski definition) is 7. The van der Waals surface area contributed by atoms with E-state index in [1.54, 1.807) is 19.2 Å². The van der Waals surface area contributed by atoms with Crippen molar-refractivity contribution in [2.24, 2.45) is 0 Å². The quantitative estimate of drug-likeness (QED) is 0.352. The van der Waals surface area contributed by atoms with Crippen LogP contribution in [0, 0.1) is 0 Å². The van der Waals surface area contributed by atoms with Crippen LogP contribution in [-0.2, 0) is 24.2 Å². The zero-order valence-electron chi connectivity index (χ0n) is 21.6. The van der Waals surface area contributed by atoms with Crippen molar-refractivity contribution in [2.45, 2.75) is 38.5 Å². The first-order valence-corrected chi connectivity index (χ1v) is 13.1. The zero-order chi connectivity index (χ0) is 26.1. The molecular formula is C28H36ClN3O5. The number of aliphatic hydroxyl groups is 1. The van der Waals surface area contributed by atoms with Crippen molar-refractivity contribution in [3.63, 3.8) is 0 Å². The van der Waals surface area contributed by atoms with Gasteiger partial charge in [-0.2, -0.15) is 0 Å². The minimum atomic E-state index is -1.14. The van der Waals surface area contributed by atoms with Gasteiger partial charge in [-0.05, 0) is 42.3 Å².